The molecule has 0 radical (unpaired) electrons. The maximum Gasteiger partial charge on any atom is 0.0704 e. The Morgan fingerprint density at radius 1 is 1.09 bits per heavy atom. The average molecular weight is 291 g/mol. The number of fused-ring (bicyclic) bond motifs is 1. The summed E-state index contributed by atoms with van der Waals surface area (Å²) in [6.45, 7) is 4.42. The van der Waals surface area contributed by atoms with Crippen molar-refractivity contribution in [3.8, 4) is 0 Å². The van der Waals surface area contributed by atoms with Crippen LogP contribution in [0.25, 0.3) is 10.9 Å². The fourth-order valence-electron chi connectivity index (χ4n) is 3.68. The average Bonchev–Trinajstić information content (AvgIpc) is 3.01. The Balaban J connectivity index is 1.57. The first-order chi connectivity index (χ1) is 10.8. The summed E-state index contributed by atoms with van der Waals surface area (Å²) in [5.74, 6) is 0.642. The lowest BCUT2D eigenvalue weighted by Crippen LogP contribution is -2.33. The van der Waals surface area contributed by atoms with Gasteiger partial charge in [0.15, 0.2) is 0 Å². The molecule has 1 aromatic carbocycles. The van der Waals surface area contributed by atoms with Crippen LogP contribution in [0.2, 0.25) is 0 Å². The lowest BCUT2D eigenvalue weighted by atomic mass is 9.87. The van der Waals surface area contributed by atoms with Gasteiger partial charge in [-0.3, -0.25) is 4.98 Å². The summed E-state index contributed by atoms with van der Waals surface area (Å²) in [7, 11) is 0. The van der Waals surface area contributed by atoms with Gasteiger partial charge in [-0.25, -0.2) is 0 Å². The Morgan fingerprint density at radius 2 is 1.91 bits per heavy atom. The number of hydrogen-bond acceptors (Lipinski definition) is 2. The van der Waals surface area contributed by atoms with Gasteiger partial charge in [0, 0.05) is 37.1 Å². The van der Waals surface area contributed by atoms with Gasteiger partial charge in [0.2, 0.25) is 0 Å². The predicted octanol–water partition coefficient (Wildman–Crippen LogP) is 4.26. The number of aryl methyl sites for hydroxylation is 1. The quantitative estimate of drug-likeness (QED) is 0.765. The number of para-hydroxylation sites is 1. The number of piperidine rings is 1. The van der Waals surface area contributed by atoms with E-state index in [-0.39, 0.29) is 0 Å². The first-order valence-corrected chi connectivity index (χ1v) is 8.05. The number of H-pyrrole nitrogens is 1. The van der Waals surface area contributed by atoms with Crippen LogP contribution < -0.4 is 4.90 Å². The van der Waals surface area contributed by atoms with Gasteiger partial charge in [0.05, 0.1) is 11.2 Å². The van der Waals surface area contributed by atoms with Crippen molar-refractivity contribution >= 4 is 16.6 Å². The van der Waals surface area contributed by atoms with Crippen LogP contribution >= 0.6 is 0 Å². The van der Waals surface area contributed by atoms with Crippen molar-refractivity contribution in [3.63, 3.8) is 0 Å². The zero-order valence-corrected chi connectivity index (χ0v) is 12.9. The first kappa shape index (κ1) is 13.4. The molecule has 1 fully saturated rings. The molecule has 0 saturated carbocycles. The normalized spacial score (nSPS) is 16.3. The summed E-state index contributed by atoms with van der Waals surface area (Å²) in [4.78, 5) is 10.2. The van der Waals surface area contributed by atoms with E-state index in [4.69, 9.17) is 0 Å². The molecule has 1 saturated heterocycles. The second kappa shape index (κ2) is 5.48. The van der Waals surface area contributed by atoms with Crippen LogP contribution in [0.15, 0.2) is 48.9 Å². The molecule has 0 spiro atoms. The molecule has 3 aromatic rings. The van der Waals surface area contributed by atoms with Crippen molar-refractivity contribution in [2.45, 2.75) is 25.7 Å². The molecule has 1 aliphatic rings. The van der Waals surface area contributed by atoms with Crippen molar-refractivity contribution in [3.05, 3.63) is 60.0 Å². The number of rotatable bonds is 2. The van der Waals surface area contributed by atoms with Crippen LogP contribution in [-0.2, 0) is 0 Å². The molecule has 0 unspecified atom stereocenters. The minimum absolute atomic E-state index is 0.642. The highest BCUT2D eigenvalue weighted by atomic mass is 15.1. The van der Waals surface area contributed by atoms with Crippen molar-refractivity contribution in [2.24, 2.45) is 0 Å². The molecule has 3 heteroatoms. The summed E-state index contributed by atoms with van der Waals surface area (Å²) < 4.78 is 0. The molecule has 0 aliphatic carbocycles. The Hall–Kier alpha value is -2.29. The van der Waals surface area contributed by atoms with Crippen LogP contribution in [0.1, 0.15) is 29.9 Å². The lowest BCUT2D eigenvalue weighted by Gasteiger charge is -2.34. The monoisotopic (exact) mass is 291 g/mol. The van der Waals surface area contributed by atoms with Crippen LogP contribution in [0.5, 0.6) is 0 Å². The summed E-state index contributed by atoms with van der Waals surface area (Å²) in [6, 6.07) is 10.7. The van der Waals surface area contributed by atoms with E-state index in [0.717, 1.165) is 18.6 Å². The smallest absolute Gasteiger partial charge is 0.0704 e. The molecule has 0 atom stereocenters. The topological polar surface area (TPSA) is 31.9 Å². The fraction of sp³-hybridized carbons (Fsp3) is 0.316. The van der Waals surface area contributed by atoms with E-state index in [2.05, 4.69) is 64.5 Å². The number of aromatic nitrogens is 2. The molecule has 2 aromatic heterocycles. The van der Waals surface area contributed by atoms with Gasteiger partial charge < -0.3 is 9.88 Å². The van der Waals surface area contributed by atoms with Crippen molar-refractivity contribution in [1.29, 1.82) is 0 Å². The first-order valence-electron chi connectivity index (χ1n) is 8.05. The molecule has 0 amide bonds. The van der Waals surface area contributed by atoms with Gasteiger partial charge in [0.25, 0.3) is 0 Å². The molecule has 22 heavy (non-hydrogen) atoms. The Bertz CT molecular complexity index is 777. The summed E-state index contributed by atoms with van der Waals surface area (Å²) in [5.41, 5.74) is 5.28. The largest absolute Gasteiger partial charge is 0.370 e. The molecule has 1 aliphatic heterocycles. The number of nitrogens with one attached hydrogen (secondary N) is 1. The number of benzene rings is 1. The second-order valence-electron chi connectivity index (χ2n) is 6.20. The number of hydrogen-bond donors (Lipinski definition) is 1. The van der Waals surface area contributed by atoms with Crippen LogP contribution in [0, 0.1) is 6.92 Å². The van der Waals surface area contributed by atoms with Crippen molar-refractivity contribution in [1.82, 2.24) is 9.97 Å². The molecule has 1 N–H and O–H groups in total. The van der Waals surface area contributed by atoms with Gasteiger partial charge in [-0.1, -0.05) is 18.2 Å². The Kier molecular flexibility index (Phi) is 3.34. The summed E-state index contributed by atoms with van der Waals surface area (Å²) in [5, 5.41) is 1.32. The maximum atomic E-state index is 4.49. The highest BCUT2D eigenvalue weighted by molar-refractivity contribution is 5.82. The van der Waals surface area contributed by atoms with Crippen LogP contribution in [0.4, 0.5) is 5.69 Å². The van der Waals surface area contributed by atoms with E-state index in [1.165, 1.54) is 35.0 Å². The second-order valence-corrected chi connectivity index (χ2v) is 6.20. The highest BCUT2D eigenvalue weighted by Crippen LogP contribution is 2.34. The van der Waals surface area contributed by atoms with E-state index in [9.17, 15) is 0 Å². The Morgan fingerprint density at radius 3 is 2.68 bits per heavy atom. The van der Waals surface area contributed by atoms with Gasteiger partial charge in [0.1, 0.15) is 0 Å². The maximum absolute atomic E-state index is 4.49. The van der Waals surface area contributed by atoms with Gasteiger partial charge >= 0.3 is 0 Å². The van der Waals surface area contributed by atoms with Crippen molar-refractivity contribution in [2.75, 3.05) is 18.0 Å². The van der Waals surface area contributed by atoms with Crippen molar-refractivity contribution < 1.29 is 0 Å². The third-order valence-corrected chi connectivity index (χ3v) is 4.88. The fourth-order valence-corrected chi connectivity index (χ4v) is 3.68. The predicted molar refractivity (Wildman–Crippen MR) is 91.5 cm³/mol. The standard InChI is InChI=1S/C19H21N3/c1-14-12-20-13-19(14)22-10-7-15(8-11-22)16-6-9-21-18-5-3-2-4-17(16)18/h2-6,9,12-13,15,20H,7-8,10-11H2,1H3. The summed E-state index contributed by atoms with van der Waals surface area (Å²) >= 11 is 0. The molecule has 112 valence electrons. The van der Waals surface area contributed by atoms with Gasteiger partial charge in [-0.05, 0) is 48.9 Å². The zero-order chi connectivity index (χ0) is 14.9. The molecule has 3 nitrogen and oxygen atoms in total. The molecular formula is C19H21N3. The molecular weight excluding hydrogens is 270 g/mol. The highest BCUT2D eigenvalue weighted by Gasteiger charge is 2.23. The summed E-state index contributed by atoms with van der Waals surface area (Å²) in [6.07, 6.45) is 8.58. The van der Waals surface area contributed by atoms with Crippen LogP contribution in [0.3, 0.4) is 0 Å². The third-order valence-electron chi connectivity index (χ3n) is 4.88. The van der Waals surface area contributed by atoms with E-state index in [1.807, 2.05) is 6.20 Å². The van der Waals surface area contributed by atoms with Gasteiger partial charge in [-0.15, -0.1) is 0 Å². The zero-order valence-electron chi connectivity index (χ0n) is 12.9. The minimum Gasteiger partial charge on any atom is -0.370 e. The molecule has 4 rings (SSSR count). The third kappa shape index (κ3) is 2.27. The van der Waals surface area contributed by atoms with E-state index in [0.29, 0.717) is 5.92 Å². The number of pyridine rings is 1. The molecule has 0 bridgehead atoms. The number of aromatic amines is 1. The minimum atomic E-state index is 0.642. The van der Waals surface area contributed by atoms with Crippen LogP contribution in [-0.4, -0.2) is 23.1 Å². The van der Waals surface area contributed by atoms with E-state index in [1.54, 1.807) is 0 Å². The number of nitrogens with zero attached hydrogens (tertiary/aromatic N) is 2. The Labute approximate surface area is 131 Å². The molecule has 3 heterocycles. The SMILES string of the molecule is Cc1c[nH]cc1N1CCC(c2ccnc3ccccc23)CC1. The lowest BCUT2D eigenvalue weighted by molar-refractivity contribution is 0.507. The van der Waals surface area contributed by atoms with E-state index >= 15 is 0 Å². The van der Waals surface area contributed by atoms with E-state index < -0.39 is 0 Å². The number of anilines is 1. The van der Waals surface area contributed by atoms with Gasteiger partial charge in [-0.2, -0.15) is 0 Å².